The predicted octanol–water partition coefficient (Wildman–Crippen LogP) is 5.17. The second kappa shape index (κ2) is 17.1. The maximum atomic E-state index is 8.76. The van der Waals surface area contributed by atoms with Crippen LogP contribution in [-0.2, 0) is 0 Å². The summed E-state index contributed by atoms with van der Waals surface area (Å²) in [6, 6.07) is 0. The van der Waals surface area contributed by atoms with Gasteiger partial charge in [0.25, 0.3) is 5.97 Å². The van der Waals surface area contributed by atoms with Gasteiger partial charge in [-0.25, -0.2) is 0 Å². The van der Waals surface area contributed by atoms with E-state index in [9.17, 15) is 0 Å². The molecule has 140 valence electrons. The highest BCUT2D eigenvalue weighted by atomic mass is 31.1. The van der Waals surface area contributed by atoms with E-state index in [1.54, 1.807) is 0 Å². The number of unbranched alkanes of at least 4 members (excludes halogenated alkanes) is 13. The van der Waals surface area contributed by atoms with E-state index < -0.39 is 5.97 Å². The molecule has 3 N–H and O–H groups in total. The molecular formula is C19H41O3P. The van der Waals surface area contributed by atoms with Crippen LogP contribution >= 0.6 is 8.58 Å². The van der Waals surface area contributed by atoms with Gasteiger partial charge in [-0.05, 0) is 18.7 Å². The molecule has 0 bridgehead atoms. The van der Waals surface area contributed by atoms with Gasteiger partial charge in [0.15, 0.2) is 0 Å². The molecule has 0 heterocycles. The maximum Gasteiger partial charge on any atom is 0.275 e. The summed E-state index contributed by atoms with van der Waals surface area (Å²) in [4.78, 5) is 0. The van der Waals surface area contributed by atoms with Crippen molar-refractivity contribution in [3.05, 3.63) is 0 Å². The molecule has 4 heteroatoms. The Hall–Kier alpha value is 0.310. The molecule has 0 aliphatic heterocycles. The first kappa shape index (κ1) is 23.3. The number of hydrogen-bond acceptors (Lipinski definition) is 3. The zero-order valence-electron chi connectivity index (χ0n) is 15.4. The standard InChI is InChI=1S/C19H41O3P/c1-2-3-4-5-6-7-8-9-10-11-12-13-14-15-17-23-18-16-19(20,21)22/h20-23H,2-18H2,1H3. The number of hydrogen-bond donors (Lipinski definition) is 3. The van der Waals surface area contributed by atoms with Crippen LogP contribution in [0.4, 0.5) is 0 Å². The minimum absolute atomic E-state index is 0.0735. The van der Waals surface area contributed by atoms with E-state index in [0.29, 0.717) is 6.16 Å². The lowest BCUT2D eigenvalue weighted by Gasteiger charge is -2.13. The van der Waals surface area contributed by atoms with Crippen molar-refractivity contribution in [1.82, 2.24) is 0 Å². The van der Waals surface area contributed by atoms with Gasteiger partial charge < -0.3 is 15.3 Å². The Bertz CT molecular complexity index is 229. The van der Waals surface area contributed by atoms with Crippen LogP contribution in [0.1, 0.15) is 103 Å². The van der Waals surface area contributed by atoms with E-state index in [1.165, 1.54) is 89.9 Å². The zero-order chi connectivity index (χ0) is 17.2. The summed E-state index contributed by atoms with van der Waals surface area (Å²) in [6.07, 6.45) is 21.3. The van der Waals surface area contributed by atoms with Gasteiger partial charge in [-0.15, -0.1) is 8.58 Å². The molecular weight excluding hydrogens is 307 g/mol. The van der Waals surface area contributed by atoms with Crippen molar-refractivity contribution in [2.75, 3.05) is 12.3 Å². The molecule has 0 aromatic heterocycles. The van der Waals surface area contributed by atoms with Crippen molar-refractivity contribution in [3.63, 3.8) is 0 Å². The highest BCUT2D eigenvalue weighted by molar-refractivity contribution is 7.37. The topological polar surface area (TPSA) is 60.7 Å². The molecule has 0 radical (unpaired) electrons. The van der Waals surface area contributed by atoms with E-state index >= 15 is 0 Å². The van der Waals surface area contributed by atoms with E-state index in [0.717, 1.165) is 14.7 Å². The van der Waals surface area contributed by atoms with Gasteiger partial charge in [0.05, 0.1) is 0 Å². The Balaban J connectivity index is 3.00. The van der Waals surface area contributed by atoms with Crippen molar-refractivity contribution in [2.24, 2.45) is 0 Å². The molecule has 0 aliphatic rings. The van der Waals surface area contributed by atoms with Crippen LogP contribution < -0.4 is 0 Å². The Morgan fingerprint density at radius 1 is 0.565 bits per heavy atom. The van der Waals surface area contributed by atoms with Crippen LogP contribution in [0.2, 0.25) is 0 Å². The van der Waals surface area contributed by atoms with E-state index in [2.05, 4.69) is 6.92 Å². The Morgan fingerprint density at radius 2 is 0.957 bits per heavy atom. The third-order valence-electron chi connectivity index (χ3n) is 4.34. The molecule has 3 nitrogen and oxygen atoms in total. The van der Waals surface area contributed by atoms with Crippen molar-refractivity contribution >= 4 is 8.58 Å². The number of rotatable bonds is 18. The second-order valence-electron chi connectivity index (χ2n) is 6.87. The Morgan fingerprint density at radius 3 is 1.35 bits per heavy atom. The lowest BCUT2D eigenvalue weighted by molar-refractivity contribution is -0.311. The quantitative estimate of drug-likeness (QED) is 0.182. The molecule has 23 heavy (non-hydrogen) atoms. The van der Waals surface area contributed by atoms with Gasteiger partial charge in [0, 0.05) is 6.42 Å². The molecule has 0 amide bonds. The summed E-state index contributed by atoms with van der Waals surface area (Å²) in [5.41, 5.74) is 0. The monoisotopic (exact) mass is 348 g/mol. The SMILES string of the molecule is CCCCCCCCCCCCCCCCPCCC(O)(O)O. The summed E-state index contributed by atoms with van der Waals surface area (Å²) < 4.78 is 0. The third kappa shape index (κ3) is 22.3. The van der Waals surface area contributed by atoms with Crippen LogP contribution in [0, 0.1) is 0 Å². The third-order valence-corrected chi connectivity index (χ3v) is 5.65. The predicted molar refractivity (Wildman–Crippen MR) is 102 cm³/mol. The largest absolute Gasteiger partial charge is 0.344 e. The smallest absolute Gasteiger partial charge is 0.275 e. The first-order chi connectivity index (χ1) is 11.1. The summed E-state index contributed by atoms with van der Waals surface area (Å²) >= 11 is 0. The molecule has 0 rings (SSSR count). The second-order valence-corrected chi connectivity index (χ2v) is 8.37. The van der Waals surface area contributed by atoms with Gasteiger partial charge in [-0.2, -0.15) is 0 Å². The maximum absolute atomic E-state index is 8.76. The minimum atomic E-state index is -2.46. The van der Waals surface area contributed by atoms with Crippen LogP contribution in [0.15, 0.2) is 0 Å². The lowest BCUT2D eigenvalue weighted by atomic mass is 10.0. The first-order valence-corrected chi connectivity index (χ1v) is 11.4. The van der Waals surface area contributed by atoms with Gasteiger partial charge in [-0.1, -0.05) is 90.4 Å². The molecule has 0 saturated heterocycles. The molecule has 0 spiro atoms. The average molecular weight is 349 g/mol. The summed E-state index contributed by atoms with van der Waals surface area (Å²) in [7, 11) is 0.737. The Labute approximate surface area is 146 Å². The van der Waals surface area contributed by atoms with Gasteiger partial charge in [-0.3, -0.25) is 0 Å². The van der Waals surface area contributed by atoms with Crippen LogP contribution in [0.5, 0.6) is 0 Å². The summed E-state index contributed by atoms with van der Waals surface area (Å²) in [5, 5.41) is 26.3. The van der Waals surface area contributed by atoms with E-state index in [4.69, 9.17) is 15.3 Å². The van der Waals surface area contributed by atoms with Crippen molar-refractivity contribution in [3.8, 4) is 0 Å². The zero-order valence-corrected chi connectivity index (χ0v) is 16.4. The molecule has 1 unspecified atom stereocenters. The molecule has 0 fully saturated rings. The van der Waals surface area contributed by atoms with Crippen LogP contribution in [0.25, 0.3) is 0 Å². The lowest BCUT2D eigenvalue weighted by Crippen LogP contribution is -2.27. The van der Waals surface area contributed by atoms with Gasteiger partial charge in [0.1, 0.15) is 0 Å². The van der Waals surface area contributed by atoms with E-state index in [-0.39, 0.29) is 6.42 Å². The minimum Gasteiger partial charge on any atom is -0.344 e. The van der Waals surface area contributed by atoms with Crippen molar-refractivity contribution in [1.29, 1.82) is 0 Å². The summed E-state index contributed by atoms with van der Waals surface area (Å²) in [6.45, 7) is 2.27. The van der Waals surface area contributed by atoms with Crippen LogP contribution in [-0.4, -0.2) is 33.6 Å². The van der Waals surface area contributed by atoms with Crippen molar-refractivity contribution in [2.45, 2.75) is 109 Å². The molecule has 0 aliphatic carbocycles. The van der Waals surface area contributed by atoms with Gasteiger partial charge in [0.2, 0.25) is 0 Å². The molecule has 0 saturated carbocycles. The molecule has 0 aromatic rings. The molecule has 1 atom stereocenters. The fraction of sp³-hybridized carbons (Fsp3) is 1.00. The summed E-state index contributed by atoms with van der Waals surface area (Å²) in [5.74, 6) is -2.46. The fourth-order valence-electron chi connectivity index (χ4n) is 2.83. The first-order valence-electron chi connectivity index (χ1n) is 9.94. The fourth-order valence-corrected chi connectivity index (χ4v) is 4.09. The van der Waals surface area contributed by atoms with Crippen molar-refractivity contribution < 1.29 is 15.3 Å². The normalized spacial score (nSPS) is 12.5. The average Bonchev–Trinajstić information content (AvgIpc) is 2.49. The Kier molecular flexibility index (Phi) is 17.4. The highest BCUT2D eigenvalue weighted by Crippen LogP contribution is 2.18. The molecule has 0 aromatic carbocycles. The van der Waals surface area contributed by atoms with E-state index in [1.807, 2.05) is 0 Å². The highest BCUT2D eigenvalue weighted by Gasteiger charge is 2.16. The van der Waals surface area contributed by atoms with Crippen LogP contribution in [0.3, 0.4) is 0 Å². The van der Waals surface area contributed by atoms with Gasteiger partial charge >= 0.3 is 0 Å². The number of aliphatic hydroxyl groups is 3.